The molecule has 0 aromatic carbocycles. The smallest absolute Gasteiger partial charge is 0.122 e. The molecule has 0 bridgehead atoms. The van der Waals surface area contributed by atoms with Gasteiger partial charge in [0.2, 0.25) is 0 Å². The first-order valence-electron chi connectivity index (χ1n) is 2.52. The largest absolute Gasteiger partial charge is 0.761 e. The van der Waals surface area contributed by atoms with Crippen LogP contribution in [0.3, 0.4) is 0 Å². The summed E-state index contributed by atoms with van der Waals surface area (Å²) in [7, 11) is 0. The Balaban J connectivity index is 4.40. The fraction of sp³-hybridized carbons (Fsp3) is 0.500. The van der Waals surface area contributed by atoms with Crippen LogP contribution in [0, 0.1) is 5.21 Å². The lowest BCUT2D eigenvalue weighted by atomic mass is 10.4. The minimum Gasteiger partial charge on any atom is -0.761 e. The molecule has 2 atom stereocenters. The van der Waals surface area contributed by atoms with E-state index in [2.05, 4.69) is 0 Å². The minimum absolute atomic E-state index is 0.199. The SMILES string of the molecule is [O-]N(O)C(Cl)C(Cl)C(Cl)=C(Cl)Cl. The Morgan fingerprint density at radius 2 is 1.67 bits per heavy atom. The third-order valence-corrected chi connectivity index (χ3v) is 3.02. The number of hydroxylamine groups is 2. The summed E-state index contributed by atoms with van der Waals surface area (Å²) in [6.45, 7) is 0. The number of alkyl halides is 2. The highest BCUT2D eigenvalue weighted by atomic mass is 35.5. The Hall–Kier alpha value is 1.07. The van der Waals surface area contributed by atoms with E-state index < -0.39 is 16.1 Å². The number of nitrogens with zero attached hydrogens (tertiary/aromatic N) is 1. The third-order valence-electron chi connectivity index (χ3n) is 0.875. The minimum atomic E-state index is -1.44. The van der Waals surface area contributed by atoms with Crippen molar-refractivity contribution < 1.29 is 5.21 Å². The van der Waals surface area contributed by atoms with E-state index in [0.717, 1.165) is 0 Å². The van der Waals surface area contributed by atoms with Gasteiger partial charge in [0.25, 0.3) is 0 Å². The molecule has 2 unspecified atom stereocenters. The molecule has 12 heavy (non-hydrogen) atoms. The van der Waals surface area contributed by atoms with Crippen molar-refractivity contribution in [3.05, 3.63) is 14.7 Å². The van der Waals surface area contributed by atoms with Gasteiger partial charge in [-0.25, -0.2) is 5.23 Å². The van der Waals surface area contributed by atoms with Crippen molar-refractivity contribution in [3.8, 4) is 0 Å². The van der Waals surface area contributed by atoms with Gasteiger partial charge < -0.3 is 10.4 Å². The van der Waals surface area contributed by atoms with E-state index >= 15 is 0 Å². The Morgan fingerprint density at radius 1 is 1.25 bits per heavy atom. The predicted molar refractivity (Wildman–Crippen MR) is 50.9 cm³/mol. The van der Waals surface area contributed by atoms with Crippen molar-refractivity contribution in [1.82, 2.24) is 5.23 Å². The second-order valence-corrected chi connectivity index (χ2v) is 3.96. The van der Waals surface area contributed by atoms with E-state index in [1.165, 1.54) is 0 Å². The second kappa shape index (κ2) is 5.73. The molecule has 0 aliphatic heterocycles. The molecular formula is C4H3Cl5NO2-. The first-order chi connectivity index (χ1) is 5.37. The van der Waals surface area contributed by atoms with Gasteiger partial charge in [0.1, 0.15) is 15.4 Å². The molecule has 0 fully saturated rings. The monoisotopic (exact) mass is 272 g/mol. The molecule has 0 spiro atoms. The quantitative estimate of drug-likeness (QED) is 0.488. The predicted octanol–water partition coefficient (Wildman–Crippen LogP) is 3.23. The number of halogens is 5. The highest BCUT2D eigenvalue weighted by Gasteiger charge is 2.22. The average molecular weight is 274 g/mol. The highest BCUT2D eigenvalue weighted by Crippen LogP contribution is 2.29. The van der Waals surface area contributed by atoms with Crippen LogP contribution in [0.1, 0.15) is 0 Å². The topological polar surface area (TPSA) is 46.5 Å². The number of rotatable bonds is 3. The van der Waals surface area contributed by atoms with Gasteiger partial charge in [-0.15, -0.1) is 23.2 Å². The van der Waals surface area contributed by atoms with Crippen LogP contribution in [0.4, 0.5) is 0 Å². The van der Waals surface area contributed by atoms with Crippen LogP contribution in [0.5, 0.6) is 0 Å². The van der Waals surface area contributed by atoms with Gasteiger partial charge in [0.15, 0.2) is 0 Å². The maximum Gasteiger partial charge on any atom is 0.122 e. The van der Waals surface area contributed by atoms with Gasteiger partial charge >= 0.3 is 0 Å². The van der Waals surface area contributed by atoms with Crippen molar-refractivity contribution in [2.75, 3.05) is 0 Å². The van der Waals surface area contributed by atoms with Gasteiger partial charge in [-0.1, -0.05) is 34.8 Å². The zero-order chi connectivity index (χ0) is 9.89. The normalized spacial score (nSPS) is 16.0. The fourth-order valence-electron chi connectivity index (χ4n) is 0.337. The Labute approximate surface area is 93.9 Å². The van der Waals surface area contributed by atoms with E-state index in [1.807, 2.05) is 0 Å². The van der Waals surface area contributed by atoms with Gasteiger partial charge in [0.05, 0.1) is 5.03 Å². The summed E-state index contributed by atoms with van der Waals surface area (Å²) >= 11 is 26.7. The van der Waals surface area contributed by atoms with E-state index in [9.17, 15) is 5.21 Å². The zero-order valence-electron chi connectivity index (χ0n) is 5.35. The van der Waals surface area contributed by atoms with Crippen molar-refractivity contribution in [3.63, 3.8) is 0 Å². The molecule has 0 rings (SSSR count). The molecule has 0 aliphatic rings. The standard InChI is InChI=1S/C4H3Cl5NO2/c5-1(3(7)8)2(6)4(9)10(11)12/h2,4,11H/q-1. The summed E-state index contributed by atoms with van der Waals surface area (Å²) in [4.78, 5) is 0. The van der Waals surface area contributed by atoms with Gasteiger partial charge in [-0.2, -0.15) is 0 Å². The molecule has 0 aromatic heterocycles. The Morgan fingerprint density at radius 3 is 1.92 bits per heavy atom. The molecule has 0 amide bonds. The summed E-state index contributed by atoms with van der Waals surface area (Å²) in [6, 6.07) is 0. The zero-order valence-corrected chi connectivity index (χ0v) is 9.13. The van der Waals surface area contributed by atoms with Crippen LogP contribution in [0.25, 0.3) is 0 Å². The third kappa shape index (κ3) is 3.85. The molecule has 0 aromatic rings. The fourth-order valence-corrected chi connectivity index (χ4v) is 1.20. The van der Waals surface area contributed by atoms with Crippen molar-refractivity contribution in [2.45, 2.75) is 10.9 Å². The van der Waals surface area contributed by atoms with Crippen molar-refractivity contribution in [2.24, 2.45) is 0 Å². The lowest BCUT2D eigenvalue weighted by Crippen LogP contribution is -2.30. The van der Waals surface area contributed by atoms with Crippen LogP contribution in [-0.4, -0.2) is 21.3 Å². The van der Waals surface area contributed by atoms with E-state index in [-0.39, 0.29) is 9.52 Å². The summed E-state index contributed by atoms with van der Waals surface area (Å²) in [6.07, 6.45) is 0. The summed E-state index contributed by atoms with van der Waals surface area (Å²) in [5.41, 5.74) is -1.44. The molecule has 3 nitrogen and oxygen atoms in total. The summed E-state index contributed by atoms with van der Waals surface area (Å²) < 4.78 is -0.302. The van der Waals surface area contributed by atoms with Gasteiger partial charge in [-0.05, 0) is 0 Å². The van der Waals surface area contributed by atoms with E-state index in [4.69, 9.17) is 63.2 Å². The Kier molecular flexibility index (Phi) is 6.24. The Bertz CT molecular complexity index is 180. The van der Waals surface area contributed by atoms with Gasteiger partial charge in [-0.3, -0.25) is 0 Å². The molecule has 0 saturated carbocycles. The second-order valence-electron chi connectivity index (χ2n) is 1.69. The number of hydrogen-bond acceptors (Lipinski definition) is 3. The lowest BCUT2D eigenvalue weighted by Gasteiger charge is -2.28. The first-order valence-corrected chi connectivity index (χ1v) is 4.52. The van der Waals surface area contributed by atoms with Crippen LogP contribution in [0.2, 0.25) is 0 Å². The lowest BCUT2D eigenvalue weighted by molar-refractivity contribution is -0.0521. The van der Waals surface area contributed by atoms with Crippen LogP contribution in [-0.2, 0) is 0 Å². The van der Waals surface area contributed by atoms with Crippen molar-refractivity contribution in [1.29, 1.82) is 0 Å². The van der Waals surface area contributed by atoms with Gasteiger partial charge in [0, 0.05) is 0 Å². The molecule has 0 radical (unpaired) electrons. The maximum atomic E-state index is 10.2. The molecule has 72 valence electrons. The summed E-state index contributed by atoms with van der Waals surface area (Å²) in [5.74, 6) is 0. The first kappa shape index (κ1) is 13.1. The van der Waals surface area contributed by atoms with E-state index in [1.54, 1.807) is 0 Å². The molecule has 0 heterocycles. The molecule has 0 aliphatic carbocycles. The molecule has 8 heteroatoms. The number of hydrogen-bond donors (Lipinski definition) is 1. The van der Waals surface area contributed by atoms with Crippen LogP contribution >= 0.6 is 58.0 Å². The van der Waals surface area contributed by atoms with Crippen LogP contribution in [0.15, 0.2) is 9.52 Å². The molecule has 0 saturated heterocycles. The maximum absolute atomic E-state index is 10.2. The molecular weight excluding hydrogens is 271 g/mol. The van der Waals surface area contributed by atoms with E-state index in [0.29, 0.717) is 0 Å². The summed E-state index contributed by atoms with van der Waals surface area (Å²) in [5, 5.41) is 16.6. The van der Waals surface area contributed by atoms with Crippen molar-refractivity contribution >= 4 is 58.0 Å². The molecule has 1 N–H and O–H groups in total. The van der Waals surface area contributed by atoms with Crippen LogP contribution < -0.4 is 0 Å². The highest BCUT2D eigenvalue weighted by molar-refractivity contribution is 6.60. The average Bonchev–Trinajstić information content (AvgIpc) is 2.00.